The Labute approximate surface area is 124 Å². The Bertz CT molecular complexity index is 664. The fraction of sp³-hybridized carbons (Fsp3) is 0.375. The number of amides is 1. The third kappa shape index (κ3) is 2.39. The van der Waals surface area contributed by atoms with Gasteiger partial charge in [0.05, 0.1) is 11.8 Å². The quantitative estimate of drug-likeness (QED) is 0.873. The number of benzene rings is 1. The molecule has 1 aromatic heterocycles. The van der Waals surface area contributed by atoms with Gasteiger partial charge in [-0.1, -0.05) is 18.2 Å². The lowest BCUT2D eigenvalue weighted by Crippen LogP contribution is -2.42. The molecule has 0 fully saturated rings. The van der Waals surface area contributed by atoms with Crippen LogP contribution in [0.2, 0.25) is 0 Å². The molecule has 0 saturated carbocycles. The highest BCUT2D eigenvalue weighted by atomic mass is 16.2. The number of nitrogens with zero attached hydrogens (tertiary/aromatic N) is 3. The van der Waals surface area contributed by atoms with Gasteiger partial charge in [-0.15, -0.1) is 0 Å². The second kappa shape index (κ2) is 5.24. The maximum atomic E-state index is 12.8. The zero-order valence-electron chi connectivity index (χ0n) is 12.6. The largest absolute Gasteiger partial charge is 0.372 e. The number of aromatic nitrogens is 2. The lowest BCUT2D eigenvalue weighted by atomic mass is 10.1. The maximum absolute atomic E-state index is 12.8. The number of fused-ring (bicyclic) bond motifs is 1. The van der Waals surface area contributed by atoms with Gasteiger partial charge in [0.2, 0.25) is 0 Å². The Morgan fingerprint density at radius 2 is 2.14 bits per heavy atom. The molecule has 1 aromatic carbocycles. The Balaban J connectivity index is 1.96. The summed E-state index contributed by atoms with van der Waals surface area (Å²) in [6, 6.07) is 8.40. The fourth-order valence-corrected chi connectivity index (χ4v) is 2.94. The first-order chi connectivity index (χ1) is 10.1. The molecule has 110 valence electrons. The number of H-pyrrole nitrogens is 1. The van der Waals surface area contributed by atoms with E-state index in [9.17, 15) is 4.79 Å². The lowest BCUT2D eigenvalue weighted by molar-refractivity contribution is 0.0686. The predicted molar refractivity (Wildman–Crippen MR) is 82.4 cm³/mol. The van der Waals surface area contributed by atoms with Gasteiger partial charge in [-0.3, -0.25) is 9.89 Å². The molecule has 1 amide bonds. The van der Waals surface area contributed by atoms with Gasteiger partial charge in [0, 0.05) is 37.6 Å². The number of hydrogen-bond donors (Lipinski definition) is 1. The van der Waals surface area contributed by atoms with Gasteiger partial charge in [0.15, 0.2) is 0 Å². The topological polar surface area (TPSA) is 52.2 Å². The van der Waals surface area contributed by atoms with Crippen molar-refractivity contribution in [3.63, 3.8) is 0 Å². The summed E-state index contributed by atoms with van der Waals surface area (Å²) in [5, 5.41) is 6.80. The van der Waals surface area contributed by atoms with Crippen molar-refractivity contribution in [3.05, 3.63) is 47.3 Å². The van der Waals surface area contributed by atoms with E-state index in [2.05, 4.69) is 41.2 Å². The summed E-state index contributed by atoms with van der Waals surface area (Å²) in [4.78, 5) is 17.0. The molecule has 1 aliphatic rings. The molecule has 3 rings (SSSR count). The minimum absolute atomic E-state index is 0.0406. The molecule has 0 saturated heterocycles. The molecule has 5 nitrogen and oxygen atoms in total. The highest BCUT2D eigenvalue weighted by molar-refractivity contribution is 5.95. The van der Waals surface area contributed by atoms with Gasteiger partial charge >= 0.3 is 0 Å². The SMILES string of the molecule is Cc1[nH]ncc1C(=O)N1Cc2ccccc2N(C)CC1C. The lowest BCUT2D eigenvalue weighted by Gasteiger charge is -2.28. The highest BCUT2D eigenvalue weighted by Gasteiger charge is 2.28. The van der Waals surface area contributed by atoms with E-state index < -0.39 is 0 Å². The van der Waals surface area contributed by atoms with E-state index in [-0.39, 0.29) is 11.9 Å². The monoisotopic (exact) mass is 284 g/mol. The van der Waals surface area contributed by atoms with Crippen molar-refractivity contribution >= 4 is 11.6 Å². The summed E-state index contributed by atoms with van der Waals surface area (Å²) in [7, 11) is 2.08. The molecule has 1 unspecified atom stereocenters. The van der Waals surface area contributed by atoms with Crippen LogP contribution in [0.1, 0.15) is 28.5 Å². The van der Waals surface area contributed by atoms with E-state index in [1.807, 2.05) is 24.0 Å². The van der Waals surface area contributed by atoms with Crippen LogP contribution in [-0.2, 0) is 6.54 Å². The molecule has 1 N–H and O–H groups in total. The highest BCUT2D eigenvalue weighted by Crippen LogP contribution is 2.27. The van der Waals surface area contributed by atoms with E-state index in [0.717, 1.165) is 12.2 Å². The summed E-state index contributed by atoms with van der Waals surface area (Å²) in [5.41, 5.74) is 3.85. The first-order valence-electron chi connectivity index (χ1n) is 7.18. The summed E-state index contributed by atoms with van der Waals surface area (Å²) >= 11 is 0. The smallest absolute Gasteiger partial charge is 0.257 e. The van der Waals surface area contributed by atoms with Crippen molar-refractivity contribution in [3.8, 4) is 0 Å². The molecule has 0 aliphatic carbocycles. The van der Waals surface area contributed by atoms with Gasteiger partial charge in [-0.2, -0.15) is 5.10 Å². The average Bonchev–Trinajstić information content (AvgIpc) is 2.85. The van der Waals surface area contributed by atoms with Crippen molar-refractivity contribution in [2.24, 2.45) is 0 Å². The van der Waals surface area contributed by atoms with Crippen LogP contribution < -0.4 is 4.90 Å². The molecule has 0 bridgehead atoms. The zero-order valence-corrected chi connectivity index (χ0v) is 12.6. The molecule has 2 heterocycles. The number of hydrogen-bond acceptors (Lipinski definition) is 3. The molecule has 1 aliphatic heterocycles. The van der Waals surface area contributed by atoms with Gasteiger partial charge in [0.1, 0.15) is 0 Å². The molecular weight excluding hydrogens is 264 g/mol. The Morgan fingerprint density at radius 1 is 1.38 bits per heavy atom. The van der Waals surface area contributed by atoms with Crippen LogP contribution in [0, 0.1) is 6.92 Å². The van der Waals surface area contributed by atoms with E-state index in [0.29, 0.717) is 12.1 Å². The van der Waals surface area contributed by atoms with Crippen LogP contribution >= 0.6 is 0 Å². The maximum Gasteiger partial charge on any atom is 0.257 e. The van der Waals surface area contributed by atoms with Crippen LogP contribution in [0.5, 0.6) is 0 Å². The summed E-state index contributed by atoms with van der Waals surface area (Å²) < 4.78 is 0. The summed E-state index contributed by atoms with van der Waals surface area (Å²) in [5.74, 6) is 0.0406. The normalized spacial score (nSPS) is 18.3. The third-order valence-corrected chi connectivity index (χ3v) is 4.13. The Hall–Kier alpha value is -2.30. The summed E-state index contributed by atoms with van der Waals surface area (Å²) in [6.07, 6.45) is 1.62. The van der Waals surface area contributed by atoms with Gasteiger partial charge in [-0.05, 0) is 25.5 Å². The minimum atomic E-state index is 0.0406. The van der Waals surface area contributed by atoms with Crippen molar-refractivity contribution in [2.45, 2.75) is 26.4 Å². The van der Waals surface area contributed by atoms with Crippen molar-refractivity contribution < 1.29 is 4.79 Å². The van der Waals surface area contributed by atoms with E-state index in [1.165, 1.54) is 11.3 Å². The first kappa shape index (κ1) is 13.7. The Morgan fingerprint density at radius 3 is 2.86 bits per heavy atom. The molecule has 21 heavy (non-hydrogen) atoms. The second-order valence-electron chi connectivity index (χ2n) is 5.70. The van der Waals surface area contributed by atoms with Crippen LogP contribution in [0.25, 0.3) is 0 Å². The first-order valence-corrected chi connectivity index (χ1v) is 7.18. The zero-order chi connectivity index (χ0) is 15.0. The van der Waals surface area contributed by atoms with Crippen LogP contribution in [-0.4, -0.2) is 40.6 Å². The fourth-order valence-electron chi connectivity index (χ4n) is 2.94. The third-order valence-electron chi connectivity index (χ3n) is 4.13. The van der Waals surface area contributed by atoms with E-state index >= 15 is 0 Å². The number of carbonyl (C=O) groups excluding carboxylic acids is 1. The standard InChI is InChI=1S/C16H20N4O/c1-11-9-19(3)15-7-5-4-6-13(15)10-20(11)16(21)14-8-17-18-12(14)2/h4-8,11H,9-10H2,1-3H3,(H,17,18). The molecule has 0 radical (unpaired) electrons. The number of anilines is 1. The predicted octanol–water partition coefficient (Wildman–Crippen LogP) is 2.20. The molecule has 5 heteroatoms. The number of carbonyl (C=O) groups is 1. The number of rotatable bonds is 1. The van der Waals surface area contributed by atoms with E-state index in [1.54, 1.807) is 6.20 Å². The van der Waals surface area contributed by atoms with Gasteiger partial charge in [-0.25, -0.2) is 0 Å². The van der Waals surface area contributed by atoms with Gasteiger partial charge in [0.25, 0.3) is 5.91 Å². The number of para-hydroxylation sites is 1. The number of likely N-dealkylation sites (N-methyl/N-ethyl adjacent to an activating group) is 1. The van der Waals surface area contributed by atoms with Gasteiger partial charge < -0.3 is 9.80 Å². The molecule has 2 aromatic rings. The average molecular weight is 284 g/mol. The van der Waals surface area contributed by atoms with Crippen molar-refractivity contribution in [2.75, 3.05) is 18.5 Å². The second-order valence-corrected chi connectivity index (χ2v) is 5.70. The Kier molecular flexibility index (Phi) is 3.41. The van der Waals surface area contributed by atoms with Crippen molar-refractivity contribution in [1.29, 1.82) is 0 Å². The minimum Gasteiger partial charge on any atom is -0.372 e. The summed E-state index contributed by atoms with van der Waals surface area (Å²) in [6.45, 7) is 5.42. The van der Waals surface area contributed by atoms with Crippen LogP contribution in [0.3, 0.4) is 0 Å². The number of nitrogens with one attached hydrogen (secondary N) is 1. The molecular formula is C16H20N4O. The number of aryl methyl sites for hydroxylation is 1. The van der Waals surface area contributed by atoms with Crippen LogP contribution in [0.4, 0.5) is 5.69 Å². The van der Waals surface area contributed by atoms with Crippen LogP contribution in [0.15, 0.2) is 30.5 Å². The molecule has 0 spiro atoms. The van der Waals surface area contributed by atoms with Crippen molar-refractivity contribution in [1.82, 2.24) is 15.1 Å². The van der Waals surface area contributed by atoms with E-state index in [4.69, 9.17) is 0 Å². The molecule has 1 atom stereocenters. The number of aromatic amines is 1.